The molecule has 0 amide bonds. The first-order valence-electron chi connectivity index (χ1n) is 6.65. The van der Waals surface area contributed by atoms with Crippen LogP contribution in [0.4, 0.5) is 8.78 Å². The molecule has 0 heterocycles. The second-order valence-electron chi connectivity index (χ2n) is 5.77. The van der Waals surface area contributed by atoms with Gasteiger partial charge < -0.3 is 0 Å². The number of alkyl halides is 3. The van der Waals surface area contributed by atoms with Crippen LogP contribution in [0.15, 0.2) is 24.3 Å². The van der Waals surface area contributed by atoms with Crippen LogP contribution in [0.3, 0.4) is 0 Å². The largest absolute Gasteiger partial charge is 0.248 e. The van der Waals surface area contributed by atoms with Crippen molar-refractivity contribution in [2.45, 2.75) is 42.9 Å². The fourth-order valence-electron chi connectivity index (χ4n) is 3.50. The third-order valence-electron chi connectivity index (χ3n) is 4.39. The minimum Gasteiger partial charge on any atom is -0.207 e. The highest BCUT2D eigenvalue weighted by atomic mass is 79.9. The predicted octanol–water partition coefficient (Wildman–Crippen LogP) is 5.12. The van der Waals surface area contributed by atoms with E-state index in [-0.39, 0.29) is 18.8 Å². The molecule has 3 unspecified atom stereocenters. The molecule has 1 saturated carbocycles. The third kappa shape index (κ3) is 2.34. The van der Waals surface area contributed by atoms with Crippen molar-refractivity contribution in [2.75, 3.05) is 0 Å². The Balaban J connectivity index is 1.67. The van der Waals surface area contributed by atoms with Gasteiger partial charge in [-0.3, -0.25) is 0 Å². The summed E-state index contributed by atoms with van der Waals surface area (Å²) in [6.45, 7) is 0. The fraction of sp³-hybridized carbons (Fsp3) is 0.600. The van der Waals surface area contributed by atoms with Crippen LogP contribution in [0.5, 0.6) is 0 Å². The summed E-state index contributed by atoms with van der Waals surface area (Å²) >= 11 is 3.75. The summed E-state index contributed by atoms with van der Waals surface area (Å²) in [6.07, 6.45) is 2.85. The first kappa shape index (κ1) is 12.6. The number of fused-ring (bicyclic) bond motifs is 1. The van der Waals surface area contributed by atoms with E-state index in [1.54, 1.807) is 0 Å². The van der Waals surface area contributed by atoms with E-state index in [4.69, 9.17) is 0 Å². The highest BCUT2D eigenvalue weighted by Crippen LogP contribution is 2.49. The van der Waals surface area contributed by atoms with Crippen LogP contribution < -0.4 is 0 Å². The Morgan fingerprint density at radius 2 is 2.06 bits per heavy atom. The first-order chi connectivity index (χ1) is 8.55. The van der Waals surface area contributed by atoms with E-state index in [9.17, 15) is 8.78 Å². The smallest absolute Gasteiger partial charge is 0.207 e. The molecule has 0 radical (unpaired) electrons. The summed E-state index contributed by atoms with van der Waals surface area (Å²) < 4.78 is 26.4. The highest BCUT2D eigenvalue weighted by molar-refractivity contribution is 9.09. The van der Waals surface area contributed by atoms with Crippen LogP contribution in [0.25, 0.3) is 0 Å². The van der Waals surface area contributed by atoms with Crippen molar-refractivity contribution in [1.82, 2.24) is 0 Å². The van der Waals surface area contributed by atoms with Crippen LogP contribution in [0.2, 0.25) is 0 Å². The van der Waals surface area contributed by atoms with Crippen molar-refractivity contribution < 1.29 is 8.78 Å². The van der Waals surface area contributed by atoms with Gasteiger partial charge in [0.25, 0.3) is 0 Å². The number of benzene rings is 1. The Kier molecular flexibility index (Phi) is 3.21. The Labute approximate surface area is 115 Å². The van der Waals surface area contributed by atoms with E-state index in [0.717, 1.165) is 12.8 Å². The van der Waals surface area contributed by atoms with Crippen molar-refractivity contribution in [1.29, 1.82) is 0 Å². The van der Waals surface area contributed by atoms with Crippen LogP contribution >= 0.6 is 15.9 Å². The average Bonchev–Trinajstić information content (AvgIpc) is 2.82. The third-order valence-corrected chi connectivity index (χ3v) is 5.63. The molecule has 1 fully saturated rings. The van der Waals surface area contributed by atoms with Gasteiger partial charge in [-0.1, -0.05) is 40.2 Å². The van der Waals surface area contributed by atoms with Crippen LogP contribution in [0, 0.1) is 11.8 Å². The van der Waals surface area contributed by atoms with E-state index in [0.29, 0.717) is 17.2 Å². The summed E-state index contributed by atoms with van der Waals surface area (Å²) in [5.41, 5.74) is 2.74. The van der Waals surface area contributed by atoms with Crippen molar-refractivity contribution >= 4 is 15.9 Å². The number of hydrogen-bond donors (Lipinski definition) is 0. The number of hydrogen-bond acceptors (Lipinski definition) is 0. The molecule has 1 aromatic carbocycles. The van der Waals surface area contributed by atoms with Crippen molar-refractivity contribution in [3.8, 4) is 0 Å². The molecule has 0 aliphatic heterocycles. The summed E-state index contributed by atoms with van der Waals surface area (Å²) in [5, 5.41) is 0. The van der Waals surface area contributed by atoms with E-state index in [1.807, 2.05) is 0 Å². The van der Waals surface area contributed by atoms with Gasteiger partial charge >= 0.3 is 0 Å². The Hall–Kier alpha value is -0.440. The van der Waals surface area contributed by atoms with E-state index >= 15 is 0 Å². The van der Waals surface area contributed by atoms with Gasteiger partial charge in [0.05, 0.1) is 0 Å². The maximum Gasteiger partial charge on any atom is 0.248 e. The van der Waals surface area contributed by atoms with E-state index in [2.05, 4.69) is 40.2 Å². The van der Waals surface area contributed by atoms with Gasteiger partial charge in [0.2, 0.25) is 5.92 Å². The highest BCUT2D eigenvalue weighted by Gasteiger charge is 2.41. The molecule has 0 aromatic heterocycles. The van der Waals surface area contributed by atoms with Crippen molar-refractivity contribution in [3.05, 3.63) is 35.4 Å². The lowest BCUT2D eigenvalue weighted by Crippen LogP contribution is -2.12. The molecule has 0 saturated heterocycles. The van der Waals surface area contributed by atoms with Gasteiger partial charge in [0.15, 0.2) is 0 Å². The Morgan fingerprint density at radius 1 is 1.28 bits per heavy atom. The van der Waals surface area contributed by atoms with Crippen LogP contribution in [0.1, 0.15) is 41.6 Å². The maximum absolute atomic E-state index is 13.2. The van der Waals surface area contributed by atoms with E-state index in [1.165, 1.54) is 11.1 Å². The summed E-state index contributed by atoms with van der Waals surface area (Å²) in [6, 6.07) is 8.43. The second-order valence-corrected chi connectivity index (χ2v) is 6.75. The quantitative estimate of drug-likeness (QED) is 0.665. The molecule has 0 spiro atoms. The SMILES string of the molecule is FC1(F)CCC(CC2Cc3ccccc3C2Br)C1. The lowest BCUT2D eigenvalue weighted by molar-refractivity contribution is 0.00410. The molecule has 3 rings (SSSR count). The zero-order valence-corrected chi connectivity index (χ0v) is 11.8. The topological polar surface area (TPSA) is 0 Å². The minimum atomic E-state index is -2.40. The molecule has 0 N–H and O–H groups in total. The molecule has 3 heteroatoms. The number of halogens is 3. The molecular formula is C15H17BrF2. The monoisotopic (exact) mass is 314 g/mol. The van der Waals surface area contributed by atoms with Gasteiger partial charge in [-0.2, -0.15) is 0 Å². The zero-order valence-electron chi connectivity index (χ0n) is 10.2. The normalized spacial score (nSPS) is 33.6. The van der Waals surface area contributed by atoms with Crippen molar-refractivity contribution in [2.24, 2.45) is 11.8 Å². The van der Waals surface area contributed by atoms with E-state index < -0.39 is 5.92 Å². The molecule has 2 aliphatic rings. The molecule has 0 nitrogen and oxygen atoms in total. The van der Waals surface area contributed by atoms with Gasteiger partial charge in [-0.05, 0) is 42.2 Å². The standard InChI is InChI=1S/C15H17BrF2/c16-14-12(7-10-5-6-15(17,18)9-10)8-11-3-1-2-4-13(11)14/h1-4,10,12,14H,5-9H2. The van der Waals surface area contributed by atoms with Gasteiger partial charge in [-0.15, -0.1) is 0 Å². The van der Waals surface area contributed by atoms with Crippen LogP contribution in [-0.4, -0.2) is 5.92 Å². The zero-order chi connectivity index (χ0) is 12.8. The summed E-state index contributed by atoms with van der Waals surface area (Å²) in [7, 11) is 0. The maximum atomic E-state index is 13.2. The van der Waals surface area contributed by atoms with Crippen molar-refractivity contribution in [3.63, 3.8) is 0 Å². The lowest BCUT2D eigenvalue weighted by atomic mass is 9.91. The minimum absolute atomic E-state index is 0.0876. The second kappa shape index (κ2) is 4.59. The molecule has 1 aromatic rings. The van der Waals surface area contributed by atoms with Gasteiger partial charge in [0, 0.05) is 17.7 Å². The molecule has 0 bridgehead atoms. The van der Waals surface area contributed by atoms with Crippen LogP contribution in [-0.2, 0) is 6.42 Å². The summed E-state index contributed by atoms with van der Waals surface area (Å²) in [5.74, 6) is -1.71. The molecular weight excluding hydrogens is 298 g/mol. The Bertz CT molecular complexity index is 444. The summed E-state index contributed by atoms with van der Waals surface area (Å²) in [4.78, 5) is 0.350. The average molecular weight is 315 g/mol. The van der Waals surface area contributed by atoms with Gasteiger partial charge in [-0.25, -0.2) is 8.78 Å². The Morgan fingerprint density at radius 3 is 2.72 bits per heavy atom. The number of rotatable bonds is 2. The predicted molar refractivity (Wildman–Crippen MR) is 72.2 cm³/mol. The first-order valence-corrected chi connectivity index (χ1v) is 7.56. The molecule has 18 heavy (non-hydrogen) atoms. The van der Waals surface area contributed by atoms with Gasteiger partial charge in [0.1, 0.15) is 0 Å². The molecule has 3 atom stereocenters. The molecule has 98 valence electrons. The fourth-order valence-corrected chi connectivity index (χ4v) is 4.35. The molecule has 2 aliphatic carbocycles. The lowest BCUT2D eigenvalue weighted by Gasteiger charge is -2.19.